The van der Waals surface area contributed by atoms with E-state index in [-0.39, 0.29) is 23.4 Å². The van der Waals surface area contributed by atoms with E-state index in [1.807, 2.05) is 0 Å². The van der Waals surface area contributed by atoms with Crippen molar-refractivity contribution in [1.82, 2.24) is 0 Å². The van der Waals surface area contributed by atoms with Crippen molar-refractivity contribution in [2.24, 2.45) is 17.3 Å². The number of rotatable bonds is 0. The lowest BCUT2D eigenvalue weighted by Gasteiger charge is -2.28. The second-order valence-electron chi connectivity index (χ2n) is 5.27. The van der Waals surface area contributed by atoms with Gasteiger partial charge >= 0.3 is 5.97 Å². The minimum atomic E-state index is 0.0431. The molecule has 2 aliphatic rings. The summed E-state index contributed by atoms with van der Waals surface area (Å²) in [6.45, 7) is 6.58. The summed E-state index contributed by atoms with van der Waals surface area (Å²) in [5.41, 5.74) is 0.149. The van der Waals surface area contributed by atoms with Gasteiger partial charge in [0.25, 0.3) is 0 Å². The SMILES string of the molecule is CC1CCC(C)(C)C2CC1OC2=O. The second kappa shape index (κ2) is 2.73. The fourth-order valence-corrected chi connectivity index (χ4v) is 2.55. The van der Waals surface area contributed by atoms with Crippen molar-refractivity contribution in [2.45, 2.75) is 46.1 Å². The van der Waals surface area contributed by atoms with Gasteiger partial charge < -0.3 is 4.74 Å². The third kappa shape index (κ3) is 1.36. The van der Waals surface area contributed by atoms with Crippen molar-refractivity contribution >= 4 is 5.97 Å². The van der Waals surface area contributed by atoms with Crippen molar-refractivity contribution in [3.05, 3.63) is 0 Å². The lowest BCUT2D eigenvalue weighted by molar-refractivity contribution is -0.150. The van der Waals surface area contributed by atoms with Crippen LogP contribution in [-0.4, -0.2) is 12.1 Å². The maximum absolute atomic E-state index is 11.5. The van der Waals surface area contributed by atoms with Gasteiger partial charge in [-0.1, -0.05) is 20.8 Å². The first-order valence-corrected chi connectivity index (χ1v) is 5.21. The van der Waals surface area contributed by atoms with Gasteiger partial charge in [-0.05, 0) is 30.6 Å². The van der Waals surface area contributed by atoms with E-state index < -0.39 is 0 Å². The molecule has 2 bridgehead atoms. The molecule has 1 aliphatic carbocycles. The summed E-state index contributed by atoms with van der Waals surface area (Å²) in [6, 6.07) is 0. The molecule has 2 fully saturated rings. The molecule has 2 nitrogen and oxygen atoms in total. The smallest absolute Gasteiger partial charge is 0.309 e. The van der Waals surface area contributed by atoms with Crippen molar-refractivity contribution in [1.29, 1.82) is 0 Å². The van der Waals surface area contributed by atoms with Crippen molar-refractivity contribution in [3.63, 3.8) is 0 Å². The Kier molecular flexibility index (Phi) is 1.90. The Hall–Kier alpha value is -0.530. The highest BCUT2D eigenvalue weighted by molar-refractivity contribution is 5.75. The quantitative estimate of drug-likeness (QED) is 0.538. The van der Waals surface area contributed by atoms with E-state index in [1.165, 1.54) is 6.42 Å². The second-order valence-corrected chi connectivity index (χ2v) is 5.27. The van der Waals surface area contributed by atoms with Gasteiger partial charge in [0.1, 0.15) is 6.10 Å². The lowest BCUT2D eigenvalue weighted by atomic mass is 9.76. The average molecular weight is 182 g/mol. The van der Waals surface area contributed by atoms with Crippen LogP contribution in [0, 0.1) is 17.3 Å². The van der Waals surface area contributed by atoms with Crippen LogP contribution in [0.3, 0.4) is 0 Å². The number of hydrogen-bond donors (Lipinski definition) is 0. The summed E-state index contributed by atoms with van der Waals surface area (Å²) < 4.78 is 5.37. The molecular weight excluding hydrogens is 164 g/mol. The first-order valence-electron chi connectivity index (χ1n) is 5.21. The molecule has 0 aromatic heterocycles. The molecule has 1 saturated heterocycles. The number of hydrogen-bond acceptors (Lipinski definition) is 2. The van der Waals surface area contributed by atoms with E-state index in [9.17, 15) is 4.79 Å². The van der Waals surface area contributed by atoms with E-state index in [1.54, 1.807) is 0 Å². The molecule has 1 heterocycles. The molecule has 1 aliphatic heterocycles. The van der Waals surface area contributed by atoms with E-state index in [2.05, 4.69) is 20.8 Å². The van der Waals surface area contributed by atoms with E-state index >= 15 is 0 Å². The van der Waals surface area contributed by atoms with Crippen LogP contribution in [0.5, 0.6) is 0 Å². The van der Waals surface area contributed by atoms with Gasteiger partial charge in [0, 0.05) is 0 Å². The van der Waals surface area contributed by atoms with Crippen molar-refractivity contribution < 1.29 is 9.53 Å². The molecule has 2 rings (SSSR count). The first-order chi connectivity index (χ1) is 6.00. The van der Waals surface area contributed by atoms with Crippen molar-refractivity contribution in [2.75, 3.05) is 0 Å². The summed E-state index contributed by atoms with van der Waals surface area (Å²) in [6.07, 6.45) is 3.51. The standard InChI is InChI=1S/C11H18O2/c1-7-4-5-11(2,3)8-6-9(7)13-10(8)12/h7-9H,4-6H2,1-3H3. The Morgan fingerprint density at radius 1 is 1.46 bits per heavy atom. The minimum Gasteiger partial charge on any atom is -0.462 e. The highest BCUT2D eigenvalue weighted by atomic mass is 16.6. The van der Waals surface area contributed by atoms with Crippen LogP contribution in [0.2, 0.25) is 0 Å². The van der Waals surface area contributed by atoms with Crippen LogP contribution in [0.25, 0.3) is 0 Å². The third-order valence-corrected chi connectivity index (χ3v) is 3.84. The van der Waals surface area contributed by atoms with Gasteiger partial charge in [0.05, 0.1) is 5.92 Å². The normalized spacial score (nSPS) is 42.7. The Morgan fingerprint density at radius 2 is 2.15 bits per heavy atom. The summed E-state index contributed by atoms with van der Waals surface area (Å²) in [4.78, 5) is 11.5. The third-order valence-electron chi connectivity index (χ3n) is 3.84. The Bertz CT molecular complexity index is 232. The zero-order valence-corrected chi connectivity index (χ0v) is 8.67. The molecule has 2 heteroatoms. The highest BCUT2D eigenvalue weighted by Gasteiger charge is 2.48. The number of esters is 1. The molecule has 3 atom stereocenters. The topological polar surface area (TPSA) is 26.3 Å². The number of carbonyl (C=O) groups is 1. The Balaban J connectivity index is 2.26. The van der Waals surface area contributed by atoms with E-state index in [4.69, 9.17) is 4.74 Å². The molecular formula is C11H18O2. The van der Waals surface area contributed by atoms with Crippen LogP contribution in [0.4, 0.5) is 0 Å². The monoisotopic (exact) mass is 182 g/mol. The zero-order chi connectivity index (χ0) is 9.64. The van der Waals surface area contributed by atoms with E-state index in [0.717, 1.165) is 12.8 Å². The van der Waals surface area contributed by atoms with Crippen molar-refractivity contribution in [3.8, 4) is 0 Å². The summed E-state index contributed by atoms with van der Waals surface area (Å²) in [7, 11) is 0. The van der Waals surface area contributed by atoms with Crippen LogP contribution >= 0.6 is 0 Å². The molecule has 0 aromatic carbocycles. The summed E-state index contributed by atoms with van der Waals surface area (Å²) in [5.74, 6) is 0.750. The molecule has 1 saturated carbocycles. The lowest BCUT2D eigenvalue weighted by Crippen LogP contribution is -2.28. The molecule has 3 unspecified atom stereocenters. The Morgan fingerprint density at radius 3 is 2.85 bits per heavy atom. The van der Waals surface area contributed by atoms with E-state index in [0.29, 0.717) is 5.92 Å². The fraction of sp³-hybridized carbons (Fsp3) is 0.909. The van der Waals surface area contributed by atoms with Gasteiger partial charge in [-0.15, -0.1) is 0 Å². The maximum Gasteiger partial charge on any atom is 0.309 e. The van der Waals surface area contributed by atoms with Gasteiger partial charge in [-0.25, -0.2) is 0 Å². The fourth-order valence-electron chi connectivity index (χ4n) is 2.55. The maximum atomic E-state index is 11.5. The van der Waals surface area contributed by atoms with Gasteiger partial charge in [-0.2, -0.15) is 0 Å². The molecule has 0 N–H and O–H groups in total. The highest BCUT2D eigenvalue weighted by Crippen LogP contribution is 2.46. The molecule has 74 valence electrons. The van der Waals surface area contributed by atoms with Crippen LogP contribution < -0.4 is 0 Å². The van der Waals surface area contributed by atoms with Gasteiger partial charge in [-0.3, -0.25) is 4.79 Å². The predicted molar refractivity (Wildman–Crippen MR) is 50.2 cm³/mol. The molecule has 0 radical (unpaired) electrons. The number of fused-ring (bicyclic) bond motifs is 2. The molecule has 13 heavy (non-hydrogen) atoms. The van der Waals surface area contributed by atoms with Crippen LogP contribution in [-0.2, 0) is 9.53 Å². The number of ether oxygens (including phenoxy) is 1. The molecule has 0 spiro atoms. The zero-order valence-electron chi connectivity index (χ0n) is 8.67. The Labute approximate surface area is 79.7 Å². The predicted octanol–water partition coefficient (Wildman–Crippen LogP) is 2.37. The minimum absolute atomic E-state index is 0.0431. The molecule has 0 aromatic rings. The number of carbonyl (C=O) groups excluding carboxylic acids is 1. The molecule has 0 amide bonds. The summed E-state index contributed by atoms with van der Waals surface area (Å²) >= 11 is 0. The van der Waals surface area contributed by atoms with Gasteiger partial charge in [0.2, 0.25) is 0 Å². The average Bonchev–Trinajstić information content (AvgIpc) is 2.39. The first kappa shape index (κ1) is 9.04. The largest absolute Gasteiger partial charge is 0.462 e. The summed E-state index contributed by atoms with van der Waals surface area (Å²) in [5, 5.41) is 0. The van der Waals surface area contributed by atoms with Gasteiger partial charge in [0.15, 0.2) is 0 Å². The van der Waals surface area contributed by atoms with Crippen LogP contribution in [0.15, 0.2) is 0 Å². The van der Waals surface area contributed by atoms with Crippen LogP contribution in [0.1, 0.15) is 40.0 Å².